The number of carbonyl (C=O) groups excluding carboxylic acids is 1. The van der Waals surface area contributed by atoms with E-state index in [0.29, 0.717) is 32.8 Å². The number of hydrogen-bond donors (Lipinski definition) is 0. The molecule has 15 heavy (non-hydrogen) atoms. The van der Waals surface area contributed by atoms with Gasteiger partial charge in [-0.25, -0.2) is 9.18 Å². The van der Waals surface area contributed by atoms with Gasteiger partial charge in [0.1, 0.15) is 6.67 Å². The fourth-order valence-electron chi connectivity index (χ4n) is 2.18. The summed E-state index contributed by atoms with van der Waals surface area (Å²) in [4.78, 5) is 15.4. The number of ether oxygens (including phenoxy) is 1. The van der Waals surface area contributed by atoms with Crippen LogP contribution >= 0.6 is 0 Å². The summed E-state index contributed by atoms with van der Waals surface area (Å²) in [6, 6.07) is -0.209. The SMILES string of the molecule is O=C(N1CCOCC1)N1CCCC1CF. The Morgan fingerprint density at radius 2 is 2.07 bits per heavy atom. The number of hydrogen-bond acceptors (Lipinski definition) is 2. The predicted octanol–water partition coefficient (Wildman–Crippen LogP) is 0.872. The van der Waals surface area contributed by atoms with E-state index in [2.05, 4.69) is 0 Å². The van der Waals surface area contributed by atoms with Crippen LogP contribution in [0.2, 0.25) is 0 Å². The largest absolute Gasteiger partial charge is 0.378 e. The van der Waals surface area contributed by atoms with Crippen LogP contribution in [0.3, 0.4) is 0 Å². The molecule has 0 aromatic rings. The second-order valence-corrected chi connectivity index (χ2v) is 4.03. The van der Waals surface area contributed by atoms with Crippen molar-refractivity contribution in [1.29, 1.82) is 0 Å². The van der Waals surface area contributed by atoms with E-state index in [1.54, 1.807) is 9.80 Å². The molecule has 5 heteroatoms. The number of carbonyl (C=O) groups is 1. The second-order valence-electron chi connectivity index (χ2n) is 4.03. The summed E-state index contributed by atoms with van der Waals surface area (Å²) in [6.07, 6.45) is 1.72. The van der Waals surface area contributed by atoms with E-state index < -0.39 is 6.67 Å². The van der Waals surface area contributed by atoms with E-state index in [0.717, 1.165) is 12.8 Å². The van der Waals surface area contributed by atoms with Crippen LogP contribution in [0.15, 0.2) is 0 Å². The first-order chi connectivity index (χ1) is 7.33. The summed E-state index contributed by atoms with van der Waals surface area (Å²) in [6.45, 7) is 2.74. The summed E-state index contributed by atoms with van der Waals surface area (Å²) >= 11 is 0. The molecule has 2 rings (SSSR count). The highest BCUT2D eigenvalue weighted by atomic mass is 19.1. The molecule has 1 unspecified atom stereocenters. The molecule has 2 aliphatic rings. The fraction of sp³-hybridized carbons (Fsp3) is 0.900. The van der Waals surface area contributed by atoms with Crippen molar-refractivity contribution in [2.24, 2.45) is 0 Å². The molecule has 2 saturated heterocycles. The van der Waals surface area contributed by atoms with Crippen molar-refractivity contribution in [3.05, 3.63) is 0 Å². The standard InChI is InChI=1S/C10H17FN2O2/c11-8-9-2-1-3-13(9)10(14)12-4-6-15-7-5-12/h9H,1-8H2. The van der Waals surface area contributed by atoms with Crippen molar-refractivity contribution in [2.75, 3.05) is 39.5 Å². The Labute approximate surface area is 89.0 Å². The monoisotopic (exact) mass is 216 g/mol. The lowest BCUT2D eigenvalue weighted by Gasteiger charge is -2.33. The van der Waals surface area contributed by atoms with Crippen LogP contribution < -0.4 is 0 Å². The molecule has 0 aliphatic carbocycles. The normalized spacial score (nSPS) is 27.1. The van der Waals surface area contributed by atoms with Gasteiger partial charge in [-0.2, -0.15) is 0 Å². The van der Waals surface area contributed by atoms with Crippen LogP contribution in [0.4, 0.5) is 9.18 Å². The third kappa shape index (κ3) is 2.22. The molecule has 2 fully saturated rings. The van der Waals surface area contributed by atoms with Gasteiger partial charge in [-0.05, 0) is 12.8 Å². The molecule has 0 aromatic carbocycles. The minimum atomic E-state index is -0.421. The maximum atomic E-state index is 12.6. The minimum Gasteiger partial charge on any atom is -0.378 e. The van der Waals surface area contributed by atoms with Gasteiger partial charge < -0.3 is 14.5 Å². The Kier molecular flexibility index (Phi) is 3.41. The van der Waals surface area contributed by atoms with Gasteiger partial charge in [-0.1, -0.05) is 0 Å². The molecular weight excluding hydrogens is 199 g/mol. The number of nitrogens with zero attached hydrogens (tertiary/aromatic N) is 2. The Morgan fingerprint density at radius 1 is 1.33 bits per heavy atom. The van der Waals surface area contributed by atoms with Crippen LogP contribution in [0.25, 0.3) is 0 Å². The highest BCUT2D eigenvalue weighted by molar-refractivity contribution is 5.75. The van der Waals surface area contributed by atoms with Crippen molar-refractivity contribution in [2.45, 2.75) is 18.9 Å². The quantitative estimate of drug-likeness (QED) is 0.651. The highest BCUT2D eigenvalue weighted by Gasteiger charge is 2.32. The smallest absolute Gasteiger partial charge is 0.320 e. The topological polar surface area (TPSA) is 32.8 Å². The van der Waals surface area contributed by atoms with Gasteiger partial charge in [0.2, 0.25) is 0 Å². The van der Waals surface area contributed by atoms with Gasteiger partial charge in [-0.15, -0.1) is 0 Å². The van der Waals surface area contributed by atoms with Crippen molar-refractivity contribution in [1.82, 2.24) is 9.80 Å². The van der Waals surface area contributed by atoms with E-state index in [-0.39, 0.29) is 12.1 Å². The first-order valence-electron chi connectivity index (χ1n) is 5.52. The number of halogens is 1. The molecule has 2 aliphatic heterocycles. The van der Waals surface area contributed by atoms with E-state index in [9.17, 15) is 9.18 Å². The molecular formula is C10H17FN2O2. The van der Waals surface area contributed by atoms with Gasteiger partial charge in [-0.3, -0.25) is 0 Å². The Morgan fingerprint density at radius 3 is 2.73 bits per heavy atom. The van der Waals surface area contributed by atoms with Crippen molar-refractivity contribution >= 4 is 6.03 Å². The molecule has 86 valence electrons. The predicted molar refractivity (Wildman–Crippen MR) is 53.5 cm³/mol. The molecule has 0 spiro atoms. The van der Waals surface area contributed by atoms with Crippen LogP contribution in [0.5, 0.6) is 0 Å². The molecule has 2 heterocycles. The zero-order valence-corrected chi connectivity index (χ0v) is 8.82. The Bertz CT molecular complexity index is 231. The fourth-order valence-corrected chi connectivity index (χ4v) is 2.18. The highest BCUT2D eigenvalue weighted by Crippen LogP contribution is 2.19. The van der Waals surface area contributed by atoms with Crippen LogP contribution in [0.1, 0.15) is 12.8 Å². The first kappa shape index (κ1) is 10.7. The van der Waals surface area contributed by atoms with Crippen molar-refractivity contribution < 1.29 is 13.9 Å². The van der Waals surface area contributed by atoms with Crippen LogP contribution in [-0.2, 0) is 4.74 Å². The van der Waals surface area contributed by atoms with Gasteiger partial charge >= 0.3 is 6.03 Å². The van der Waals surface area contributed by atoms with Crippen molar-refractivity contribution in [3.8, 4) is 0 Å². The molecule has 1 atom stereocenters. The molecule has 4 nitrogen and oxygen atoms in total. The zero-order chi connectivity index (χ0) is 10.7. The van der Waals surface area contributed by atoms with Crippen LogP contribution in [0, 0.1) is 0 Å². The van der Waals surface area contributed by atoms with E-state index in [4.69, 9.17) is 4.74 Å². The summed E-state index contributed by atoms with van der Waals surface area (Å²) < 4.78 is 17.8. The zero-order valence-electron chi connectivity index (χ0n) is 8.82. The number of amides is 2. The molecule has 0 saturated carbocycles. The lowest BCUT2D eigenvalue weighted by Crippen LogP contribution is -2.50. The van der Waals surface area contributed by atoms with E-state index >= 15 is 0 Å². The average molecular weight is 216 g/mol. The Balaban J connectivity index is 1.93. The van der Waals surface area contributed by atoms with Gasteiger partial charge in [0.05, 0.1) is 19.3 Å². The third-order valence-corrected chi connectivity index (χ3v) is 3.08. The lowest BCUT2D eigenvalue weighted by atomic mass is 10.2. The number of urea groups is 1. The van der Waals surface area contributed by atoms with E-state index in [1.165, 1.54) is 0 Å². The summed E-state index contributed by atoms with van der Waals surface area (Å²) in [5.74, 6) is 0. The molecule has 0 radical (unpaired) electrons. The molecule has 0 N–H and O–H groups in total. The third-order valence-electron chi connectivity index (χ3n) is 3.08. The van der Waals surface area contributed by atoms with E-state index in [1.807, 2.05) is 0 Å². The number of morpholine rings is 1. The minimum absolute atomic E-state index is 0.0153. The maximum Gasteiger partial charge on any atom is 0.320 e. The number of alkyl halides is 1. The lowest BCUT2D eigenvalue weighted by molar-refractivity contribution is 0.0413. The average Bonchev–Trinajstić information content (AvgIpc) is 2.77. The van der Waals surface area contributed by atoms with Gasteiger partial charge in [0.15, 0.2) is 0 Å². The Hall–Kier alpha value is -0.840. The van der Waals surface area contributed by atoms with Crippen molar-refractivity contribution in [3.63, 3.8) is 0 Å². The maximum absolute atomic E-state index is 12.6. The van der Waals surface area contributed by atoms with Gasteiger partial charge in [0.25, 0.3) is 0 Å². The molecule has 2 amide bonds. The number of rotatable bonds is 1. The number of likely N-dealkylation sites (tertiary alicyclic amines) is 1. The van der Waals surface area contributed by atoms with Gasteiger partial charge in [0, 0.05) is 19.6 Å². The summed E-state index contributed by atoms with van der Waals surface area (Å²) in [5, 5.41) is 0. The summed E-state index contributed by atoms with van der Waals surface area (Å²) in [5.41, 5.74) is 0. The first-order valence-corrected chi connectivity index (χ1v) is 5.52. The second kappa shape index (κ2) is 4.79. The molecule has 0 bridgehead atoms. The molecule has 0 aromatic heterocycles. The van der Waals surface area contributed by atoms with Crippen LogP contribution in [-0.4, -0.2) is 61.4 Å². The summed E-state index contributed by atoms with van der Waals surface area (Å²) in [7, 11) is 0.